The number of nitrogens with zero attached hydrogens (tertiary/aromatic N) is 3. The summed E-state index contributed by atoms with van der Waals surface area (Å²) in [6.45, 7) is 5.88. The van der Waals surface area contributed by atoms with Gasteiger partial charge in [-0.25, -0.2) is 9.67 Å². The molecule has 134 valence electrons. The minimum atomic E-state index is -0.152. The molecule has 0 radical (unpaired) electrons. The fourth-order valence-electron chi connectivity index (χ4n) is 2.79. The molecular weight excluding hydrogens is 328 g/mol. The van der Waals surface area contributed by atoms with E-state index in [0.717, 1.165) is 28.1 Å². The van der Waals surface area contributed by atoms with Crippen molar-refractivity contribution in [2.75, 3.05) is 6.61 Å². The zero-order valence-electron chi connectivity index (χ0n) is 15.1. The van der Waals surface area contributed by atoms with Crippen molar-refractivity contribution in [3.63, 3.8) is 0 Å². The number of hydrogen-bond acceptors (Lipinski definition) is 4. The topological polar surface area (TPSA) is 69.0 Å². The van der Waals surface area contributed by atoms with E-state index in [-0.39, 0.29) is 18.6 Å². The smallest absolute Gasteiger partial charge is 0.258 e. The lowest BCUT2D eigenvalue weighted by molar-refractivity contribution is -0.123. The lowest BCUT2D eigenvalue weighted by Crippen LogP contribution is -2.31. The quantitative estimate of drug-likeness (QED) is 0.741. The first-order chi connectivity index (χ1) is 12.5. The number of carbonyl (C=O) groups is 1. The van der Waals surface area contributed by atoms with E-state index in [9.17, 15) is 4.79 Å². The predicted octanol–water partition coefficient (Wildman–Crippen LogP) is 3.14. The van der Waals surface area contributed by atoms with Crippen molar-refractivity contribution in [3.8, 4) is 11.4 Å². The van der Waals surface area contributed by atoms with Crippen molar-refractivity contribution in [3.05, 3.63) is 71.8 Å². The van der Waals surface area contributed by atoms with Crippen LogP contribution in [0.15, 0.2) is 55.1 Å². The van der Waals surface area contributed by atoms with E-state index in [1.54, 1.807) is 11.0 Å². The lowest BCUT2D eigenvalue weighted by atomic mass is 10.1. The predicted molar refractivity (Wildman–Crippen MR) is 99.3 cm³/mol. The lowest BCUT2D eigenvalue weighted by Gasteiger charge is -2.16. The van der Waals surface area contributed by atoms with Crippen LogP contribution in [0, 0.1) is 13.8 Å². The van der Waals surface area contributed by atoms with Gasteiger partial charge in [0.1, 0.15) is 18.4 Å². The van der Waals surface area contributed by atoms with E-state index in [0.29, 0.717) is 0 Å². The van der Waals surface area contributed by atoms with Gasteiger partial charge in [0.05, 0.1) is 11.7 Å². The van der Waals surface area contributed by atoms with Gasteiger partial charge in [0.15, 0.2) is 6.61 Å². The van der Waals surface area contributed by atoms with Gasteiger partial charge in [-0.3, -0.25) is 4.79 Å². The zero-order chi connectivity index (χ0) is 18.5. The molecule has 3 aromatic rings. The average molecular weight is 350 g/mol. The second-order valence-electron chi connectivity index (χ2n) is 6.23. The van der Waals surface area contributed by atoms with Crippen molar-refractivity contribution in [2.45, 2.75) is 26.8 Å². The highest BCUT2D eigenvalue weighted by atomic mass is 16.5. The summed E-state index contributed by atoms with van der Waals surface area (Å²) >= 11 is 0. The molecule has 1 unspecified atom stereocenters. The van der Waals surface area contributed by atoms with Gasteiger partial charge in [0, 0.05) is 0 Å². The molecule has 26 heavy (non-hydrogen) atoms. The van der Waals surface area contributed by atoms with Crippen molar-refractivity contribution >= 4 is 5.91 Å². The molecule has 0 aliphatic carbocycles. The fourth-order valence-corrected chi connectivity index (χ4v) is 2.79. The van der Waals surface area contributed by atoms with Gasteiger partial charge in [-0.1, -0.05) is 30.3 Å². The largest absolute Gasteiger partial charge is 0.483 e. The minimum Gasteiger partial charge on any atom is -0.483 e. The van der Waals surface area contributed by atoms with E-state index in [2.05, 4.69) is 15.4 Å². The van der Waals surface area contributed by atoms with E-state index in [4.69, 9.17) is 4.74 Å². The van der Waals surface area contributed by atoms with Crippen molar-refractivity contribution in [2.24, 2.45) is 0 Å². The Kier molecular flexibility index (Phi) is 5.31. The standard InChI is InChI=1S/C20H22N4O2/c1-14-5-4-6-15(2)20(14)26-11-19(25)23-16(3)17-7-9-18(10-8-17)24-13-21-12-22-24/h4-10,12-13,16H,11H2,1-3H3,(H,23,25). The zero-order valence-corrected chi connectivity index (χ0v) is 15.1. The van der Waals surface area contributed by atoms with E-state index in [1.165, 1.54) is 6.33 Å². The molecule has 1 heterocycles. The number of amides is 1. The molecule has 6 heteroatoms. The Balaban J connectivity index is 1.57. The van der Waals surface area contributed by atoms with E-state index in [1.807, 2.05) is 63.2 Å². The second kappa shape index (κ2) is 7.82. The molecule has 0 aliphatic heterocycles. The van der Waals surface area contributed by atoms with Crippen LogP contribution in [0.3, 0.4) is 0 Å². The second-order valence-corrected chi connectivity index (χ2v) is 6.23. The summed E-state index contributed by atoms with van der Waals surface area (Å²) in [5, 5.41) is 7.06. The first-order valence-electron chi connectivity index (χ1n) is 8.48. The third-order valence-corrected chi connectivity index (χ3v) is 4.21. The monoisotopic (exact) mass is 350 g/mol. The molecule has 2 aromatic carbocycles. The summed E-state index contributed by atoms with van der Waals surface area (Å²) in [6.07, 6.45) is 3.14. The van der Waals surface area contributed by atoms with Crippen molar-refractivity contribution in [1.29, 1.82) is 0 Å². The SMILES string of the molecule is Cc1cccc(C)c1OCC(=O)NC(C)c1ccc(-n2cncn2)cc1. The number of ether oxygens (including phenoxy) is 1. The van der Waals surface area contributed by atoms with Crippen LogP contribution in [0.2, 0.25) is 0 Å². The highest BCUT2D eigenvalue weighted by Crippen LogP contribution is 2.22. The molecule has 0 bridgehead atoms. The minimum absolute atomic E-state index is 0.00687. The van der Waals surface area contributed by atoms with Gasteiger partial charge in [0.2, 0.25) is 0 Å². The highest BCUT2D eigenvalue weighted by molar-refractivity contribution is 5.78. The fraction of sp³-hybridized carbons (Fsp3) is 0.250. The van der Waals surface area contributed by atoms with Crippen LogP contribution in [0.1, 0.15) is 29.7 Å². The van der Waals surface area contributed by atoms with Crippen LogP contribution in [-0.2, 0) is 4.79 Å². The maximum absolute atomic E-state index is 12.2. The number of benzene rings is 2. The van der Waals surface area contributed by atoms with Crippen LogP contribution in [-0.4, -0.2) is 27.3 Å². The van der Waals surface area contributed by atoms with Crippen molar-refractivity contribution in [1.82, 2.24) is 20.1 Å². The molecule has 0 saturated carbocycles. The molecule has 0 spiro atoms. The van der Waals surface area contributed by atoms with Crippen LogP contribution < -0.4 is 10.1 Å². The summed E-state index contributed by atoms with van der Waals surface area (Å²) < 4.78 is 7.39. The summed E-state index contributed by atoms with van der Waals surface area (Å²) in [4.78, 5) is 16.2. The number of hydrogen-bond donors (Lipinski definition) is 1. The first-order valence-corrected chi connectivity index (χ1v) is 8.48. The molecule has 6 nitrogen and oxygen atoms in total. The summed E-state index contributed by atoms with van der Waals surface area (Å²) in [5.41, 5.74) is 3.97. The van der Waals surface area contributed by atoms with Gasteiger partial charge in [-0.2, -0.15) is 5.10 Å². The highest BCUT2D eigenvalue weighted by Gasteiger charge is 2.12. The summed E-state index contributed by atoms with van der Waals surface area (Å²) in [5.74, 6) is 0.619. The summed E-state index contributed by atoms with van der Waals surface area (Å²) in [6, 6.07) is 13.6. The summed E-state index contributed by atoms with van der Waals surface area (Å²) in [7, 11) is 0. The number of nitrogens with one attached hydrogen (secondary N) is 1. The molecular formula is C20H22N4O2. The third kappa shape index (κ3) is 4.08. The molecule has 0 aliphatic rings. The van der Waals surface area contributed by atoms with Gasteiger partial charge >= 0.3 is 0 Å². The van der Waals surface area contributed by atoms with Gasteiger partial charge in [-0.05, 0) is 49.6 Å². The Morgan fingerprint density at radius 2 is 1.85 bits per heavy atom. The Morgan fingerprint density at radius 3 is 2.46 bits per heavy atom. The van der Waals surface area contributed by atoms with Crippen LogP contribution in [0.25, 0.3) is 5.69 Å². The molecule has 1 N–H and O–H groups in total. The van der Waals surface area contributed by atoms with Crippen LogP contribution >= 0.6 is 0 Å². The van der Waals surface area contributed by atoms with Gasteiger partial charge < -0.3 is 10.1 Å². The molecule has 1 atom stereocenters. The molecule has 0 fully saturated rings. The number of rotatable bonds is 6. The molecule has 1 aromatic heterocycles. The maximum Gasteiger partial charge on any atom is 0.258 e. The number of carbonyl (C=O) groups excluding carboxylic acids is 1. The normalized spacial score (nSPS) is 11.8. The number of aromatic nitrogens is 3. The number of para-hydroxylation sites is 1. The average Bonchev–Trinajstić information content (AvgIpc) is 3.16. The van der Waals surface area contributed by atoms with Gasteiger partial charge in [-0.15, -0.1) is 0 Å². The number of aryl methyl sites for hydroxylation is 2. The Hall–Kier alpha value is -3.15. The van der Waals surface area contributed by atoms with Crippen LogP contribution in [0.4, 0.5) is 0 Å². The van der Waals surface area contributed by atoms with Gasteiger partial charge in [0.25, 0.3) is 5.91 Å². The van der Waals surface area contributed by atoms with E-state index >= 15 is 0 Å². The molecule has 3 rings (SSSR count). The van der Waals surface area contributed by atoms with E-state index < -0.39 is 0 Å². The Bertz CT molecular complexity index is 853. The Morgan fingerprint density at radius 1 is 1.15 bits per heavy atom. The Labute approximate surface area is 152 Å². The maximum atomic E-state index is 12.2. The van der Waals surface area contributed by atoms with Crippen molar-refractivity contribution < 1.29 is 9.53 Å². The third-order valence-electron chi connectivity index (χ3n) is 4.21. The first kappa shape index (κ1) is 17.7. The molecule has 0 saturated heterocycles. The van der Waals surface area contributed by atoms with Crippen LogP contribution in [0.5, 0.6) is 5.75 Å². The molecule has 1 amide bonds.